The summed E-state index contributed by atoms with van der Waals surface area (Å²) in [4.78, 5) is 31.7. The van der Waals surface area contributed by atoms with E-state index in [9.17, 15) is 4.79 Å². The molecule has 2 aromatic heterocycles. The molecule has 0 bridgehead atoms. The molecule has 9 heteroatoms. The van der Waals surface area contributed by atoms with E-state index in [0.717, 1.165) is 10.3 Å². The van der Waals surface area contributed by atoms with Crippen LogP contribution in [0.1, 0.15) is 10.4 Å². The van der Waals surface area contributed by atoms with Crippen molar-refractivity contribution >= 4 is 33.5 Å². The number of halogens is 1. The summed E-state index contributed by atoms with van der Waals surface area (Å²) < 4.78 is 5.92. The number of amides is 1. The first-order valence-electron chi connectivity index (χ1n) is 8.22. The van der Waals surface area contributed by atoms with Gasteiger partial charge in [-0.2, -0.15) is 4.98 Å². The van der Waals surface area contributed by atoms with Crippen molar-refractivity contribution in [1.29, 1.82) is 0 Å². The van der Waals surface area contributed by atoms with Crippen molar-refractivity contribution in [3.8, 4) is 5.88 Å². The van der Waals surface area contributed by atoms with Crippen LogP contribution in [0.3, 0.4) is 0 Å². The summed E-state index contributed by atoms with van der Waals surface area (Å²) in [6.07, 6.45) is 4.99. The second-order valence-electron chi connectivity index (χ2n) is 6.12. The van der Waals surface area contributed by atoms with Gasteiger partial charge in [0.1, 0.15) is 5.82 Å². The maximum absolute atomic E-state index is 13.0. The fourth-order valence-corrected chi connectivity index (χ4v) is 3.18. The monoisotopic (exact) mass is 420 g/mol. The van der Waals surface area contributed by atoms with Crippen molar-refractivity contribution in [3.63, 3.8) is 0 Å². The first kappa shape index (κ1) is 18.4. The highest BCUT2D eigenvalue weighted by molar-refractivity contribution is 9.10. The van der Waals surface area contributed by atoms with Crippen LogP contribution < -0.4 is 14.5 Å². The van der Waals surface area contributed by atoms with Crippen LogP contribution in [-0.2, 0) is 0 Å². The van der Waals surface area contributed by atoms with Gasteiger partial charge in [-0.1, -0.05) is 0 Å². The second-order valence-corrected chi connectivity index (χ2v) is 7.03. The minimum atomic E-state index is -0.0149. The molecule has 0 spiro atoms. The molecule has 0 aliphatic carbocycles. The lowest BCUT2D eigenvalue weighted by Gasteiger charge is -2.35. The van der Waals surface area contributed by atoms with Gasteiger partial charge in [-0.3, -0.25) is 9.78 Å². The van der Waals surface area contributed by atoms with E-state index in [4.69, 9.17) is 4.74 Å². The molecule has 0 N–H and O–H groups in total. The molecule has 0 radical (unpaired) electrons. The molecule has 0 unspecified atom stereocenters. The number of nitrogens with zero attached hydrogens (tertiary/aromatic N) is 6. The van der Waals surface area contributed by atoms with E-state index in [0.29, 0.717) is 43.4 Å². The molecule has 1 amide bonds. The number of piperazine rings is 1. The number of carbonyl (C=O) groups is 1. The Morgan fingerprint density at radius 1 is 1.19 bits per heavy atom. The number of methoxy groups -OCH3 is 1. The largest absolute Gasteiger partial charge is 0.480 e. The summed E-state index contributed by atoms with van der Waals surface area (Å²) in [5.74, 6) is 1.89. The predicted octanol–water partition coefficient (Wildman–Crippen LogP) is 1.67. The molecule has 3 heterocycles. The van der Waals surface area contributed by atoms with E-state index >= 15 is 0 Å². The summed E-state index contributed by atoms with van der Waals surface area (Å²) in [6.45, 7) is 2.59. The van der Waals surface area contributed by atoms with Gasteiger partial charge in [0.15, 0.2) is 5.82 Å². The average Bonchev–Trinajstić information content (AvgIpc) is 2.67. The van der Waals surface area contributed by atoms with E-state index in [1.807, 2.05) is 30.0 Å². The SMILES string of the molecule is COc1cncc(N2CCN(C(=O)c3cc(Br)cnc3N(C)C)CC2)n1. The van der Waals surface area contributed by atoms with Crippen molar-refractivity contribution in [1.82, 2.24) is 19.9 Å². The number of ether oxygens (including phenoxy) is 1. The zero-order valence-electron chi connectivity index (χ0n) is 15.0. The third kappa shape index (κ3) is 3.87. The van der Waals surface area contributed by atoms with Crippen LogP contribution in [0.2, 0.25) is 0 Å². The Bertz CT molecular complexity index is 793. The Morgan fingerprint density at radius 2 is 1.92 bits per heavy atom. The highest BCUT2D eigenvalue weighted by atomic mass is 79.9. The first-order valence-corrected chi connectivity index (χ1v) is 9.02. The van der Waals surface area contributed by atoms with Crippen LogP contribution in [0.4, 0.5) is 11.6 Å². The smallest absolute Gasteiger partial charge is 0.257 e. The summed E-state index contributed by atoms with van der Waals surface area (Å²) in [6, 6.07) is 1.82. The molecule has 26 heavy (non-hydrogen) atoms. The zero-order valence-corrected chi connectivity index (χ0v) is 16.6. The molecule has 0 saturated carbocycles. The van der Waals surface area contributed by atoms with Gasteiger partial charge >= 0.3 is 0 Å². The van der Waals surface area contributed by atoms with Crippen molar-refractivity contribution in [2.24, 2.45) is 0 Å². The number of hydrogen-bond acceptors (Lipinski definition) is 7. The van der Waals surface area contributed by atoms with E-state index in [1.165, 1.54) is 0 Å². The van der Waals surface area contributed by atoms with E-state index in [2.05, 4.69) is 35.8 Å². The molecule has 0 aromatic carbocycles. The van der Waals surface area contributed by atoms with Crippen LogP contribution >= 0.6 is 15.9 Å². The standard InChI is InChI=1S/C17H21BrN6O2/c1-22(2)16-13(8-12(18)9-20-16)17(25)24-6-4-23(5-7-24)14-10-19-11-15(21-14)26-3/h8-11H,4-7H2,1-3H3. The Kier molecular flexibility index (Phi) is 5.55. The lowest BCUT2D eigenvalue weighted by atomic mass is 10.2. The van der Waals surface area contributed by atoms with Crippen molar-refractivity contribution in [2.45, 2.75) is 0 Å². The fraction of sp³-hybridized carbons (Fsp3) is 0.412. The molecule has 138 valence electrons. The third-order valence-corrected chi connectivity index (χ3v) is 4.62. The minimum absolute atomic E-state index is 0.0149. The fourth-order valence-electron chi connectivity index (χ4n) is 2.84. The molecule has 2 aromatic rings. The van der Waals surface area contributed by atoms with Crippen molar-refractivity contribution < 1.29 is 9.53 Å². The molecular weight excluding hydrogens is 400 g/mol. The van der Waals surface area contributed by atoms with Crippen LogP contribution in [0.25, 0.3) is 0 Å². The summed E-state index contributed by atoms with van der Waals surface area (Å²) in [5, 5.41) is 0. The number of carbonyl (C=O) groups excluding carboxylic acids is 1. The highest BCUT2D eigenvalue weighted by Crippen LogP contribution is 2.23. The molecule has 1 aliphatic rings. The van der Waals surface area contributed by atoms with Crippen LogP contribution in [0.5, 0.6) is 5.88 Å². The van der Waals surface area contributed by atoms with Gasteiger partial charge in [0.05, 0.1) is 25.1 Å². The van der Waals surface area contributed by atoms with E-state index < -0.39 is 0 Å². The number of aromatic nitrogens is 3. The van der Waals surface area contributed by atoms with E-state index in [-0.39, 0.29) is 5.91 Å². The third-order valence-electron chi connectivity index (χ3n) is 4.19. The predicted molar refractivity (Wildman–Crippen MR) is 103 cm³/mol. The molecule has 3 rings (SSSR count). The number of rotatable bonds is 4. The summed E-state index contributed by atoms with van der Waals surface area (Å²) in [7, 11) is 5.33. The molecule has 8 nitrogen and oxygen atoms in total. The summed E-state index contributed by atoms with van der Waals surface area (Å²) >= 11 is 3.40. The van der Waals surface area contributed by atoms with Gasteiger partial charge < -0.3 is 19.4 Å². The van der Waals surface area contributed by atoms with Gasteiger partial charge in [0.25, 0.3) is 5.91 Å². The highest BCUT2D eigenvalue weighted by Gasteiger charge is 2.26. The summed E-state index contributed by atoms with van der Waals surface area (Å²) in [5.41, 5.74) is 0.596. The normalized spacial score (nSPS) is 14.3. The molecule has 0 atom stereocenters. The number of anilines is 2. The lowest BCUT2D eigenvalue weighted by Crippen LogP contribution is -2.49. The first-order chi connectivity index (χ1) is 12.5. The maximum atomic E-state index is 13.0. The minimum Gasteiger partial charge on any atom is -0.480 e. The van der Waals surface area contributed by atoms with Gasteiger partial charge in [-0.25, -0.2) is 4.98 Å². The molecule has 1 fully saturated rings. The van der Waals surface area contributed by atoms with Gasteiger partial charge in [-0.15, -0.1) is 0 Å². The molecular formula is C17H21BrN6O2. The number of pyridine rings is 1. The Hall–Kier alpha value is -2.42. The average molecular weight is 421 g/mol. The second kappa shape index (κ2) is 7.86. The Morgan fingerprint density at radius 3 is 2.58 bits per heavy atom. The topological polar surface area (TPSA) is 74.7 Å². The lowest BCUT2D eigenvalue weighted by molar-refractivity contribution is 0.0746. The van der Waals surface area contributed by atoms with Crippen LogP contribution in [0.15, 0.2) is 29.1 Å². The molecule has 1 aliphatic heterocycles. The van der Waals surface area contributed by atoms with Gasteiger partial charge in [0.2, 0.25) is 5.88 Å². The number of hydrogen-bond donors (Lipinski definition) is 0. The van der Waals surface area contributed by atoms with Gasteiger partial charge in [-0.05, 0) is 22.0 Å². The van der Waals surface area contributed by atoms with Crippen LogP contribution in [-0.4, -0.2) is 73.1 Å². The van der Waals surface area contributed by atoms with Crippen molar-refractivity contribution in [3.05, 3.63) is 34.7 Å². The quantitative estimate of drug-likeness (QED) is 0.744. The Balaban J connectivity index is 1.72. The van der Waals surface area contributed by atoms with Gasteiger partial charge in [0, 0.05) is 50.9 Å². The molecule has 1 saturated heterocycles. The Labute approximate surface area is 160 Å². The van der Waals surface area contributed by atoms with E-state index in [1.54, 1.807) is 25.7 Å². The van der Waals surface area contributed by atoms with Crippen molar-refractivity contribution in [2.75, 3.05) is 57.2 Å². The maximum Gasteiger partial charge on any atom is 0.257 e. The zero-order chi connectivity index (χ0) is 18.7. The van der Waals surface area contributed by atoms with Crippen LogP contribution in [0, 0.1) is 0 Å².